The maximum absolute atomic E-state index is 13.6. The maximum Gasteiger partial charge on any atom is 0.433 e. The van der Waals surface area contributed by atoms with Gasteiger partial charge in [-0.3, -0.25) is 4.68 Å². The average Bonchev–Trinajstić information content (AvgIpc) is 2.82. The molecular formula is C18H20ClF6N2P. The molecule has 0 saturated heterocycles. The number of alkyl halides is 6. The summed E-state index contributed by atoms with van der Waals surface area (Å²) in [5.74, 6) is 0. The fraction of sp³-hybridized carbons (Fsp3) is 0.444. The predicted molar refractivity (Wildman–Crippen MR) is 103 cm³/mol. The van der Waals surface area contributed by atoms with Crippen molar-refractivity contribution >= 4 is 24.8 Å². The van der Waals surface area contributed by atoms with Gasteiger partial charge in [0.05, 0.1) is 0 Å². The van der Waals surface area contributed by atoms with E-state index < -0.39 is 36.2 Å². The van der Waals surface area contributed by atoms with Gasteiger partial charge in [0.2, 0.25) is 0 Å². The Balaban J connectivity index is 2.73. The van der Waals surface area contributed by atoms with Crippen LogP contribution in [-0.4, -0.2) is 35.6 Å². The molecule has 2 aromatic rings. The van der Waals surface area contributed by atoms with E-state index in [-0.39, 0.29) is 10.2 Å². The zero-order valence-corrected chi connectivity index (χ0v) is 17.4. The van der Waals surface area contributed by atoms with Crippen molar-refractivity contribution in [2.75, 3.05) is 19.5 Å². The van der Waals surface area contributed by atoms with Crippen LogP contribution in [-0.2, 0) is 25.8 Å². The second kappa shape index (κ2) is 7.45. The molecule has 10 heteroatoms. The third kappa shape index (κ3) is 4.95. The highest BCUT2D eigenvalue weighted by Crippen LogP contribution is 2.46. The summed E-state index contributed by atoms with van der Waals surface area (Å²) >= 11 is 6.22. The average molecular weight is 445 g/mol. The first-order chi connectivity index (χ1) is 12.5. The number of rotatable bonds is 4. The van der Waals surface area contributed by atoms with Gasteiger partial charge in [0, 0.05) is 17.6 Å². The molecule has 0 saturated carbocycles. The first-order valence-corrected chi connectivity index (χ1v) is 11.6. The molecule has 1 heterocycles. The lowest BCUT2D eigenvalue weighted by atomic mass is 9.97. The molecule has 2 rings (SSSR count). The fourth-order valence-electron chi connectivity index (χ4n) is 2.89. The molecular weight excluding hydrogens is 425 g/mol. The molecule has 1 aromatic heterocycles. The number of hydrogen-bond acceptors (Lipinski definition) is 1. The zero-order chi connectivity index (χ0) is 21.7. The van der Waals surface area contributed by atoms with Crippen LogP contribution in [0.5, 0.6) is 0 Å². The highest BCUT2D eigenvalue weighted by molar-refractivity contribution is 7.72. The van der Waals surface area contributed by atoms with Gasteiger partial charge in [-0.25, -0.2) is 0 Å². The molecule has 0 aliphatic rings. The molecule has 28 heavy (non-hydrogen) atoms. The van der Waals surface area contributed by atoms with Crippen LogP contribution in [0.2, 0.25) is 5.02 Å². The minimum atomic E-state index is -5.22. The van der Waals surface area contributed by atoms with E-state index in [0.29, 0.717) is 28.7 Å². The van der Waals surface area contributed by atoms with Crippen LogP contribution in [0, 0.1) is 6.92 Å². The molecule has 0 aliphatic heterocycles. The molecule has 0 bridgehead atoms. The van der Waals surface area contributed by atoms with Crippen LogP contribution in [0.4, 0.5) is 26.3 Å². The molecule has 0 radical (unpaired) electrons. The van der Waals surface area contributed by atoms with Crippen molar-refractivity contribution in [2.24, 2.45) is 7.05 Å². The van der Waals surface area contributed by atoms with Gasteiger partial charge >= 0.3 is 12.4 Å². The Hall–Kier alpha value is -1.40. The minimum absolute atomic E-state index is 0.0157. The largest absolute Gasteiger partial charge is 0.433 e. The zero-order valence-electron chi connectivity index (χ0n) is 15.8. The van der Waals surface area contributed by atoms with Crippen molar-refractivity contribution in [2.45, 2.75) is 25.7 Å². The van der Waals surface area contributed by atoms with E-state index in [1.165, 1.54) is 19.1 Å². The topological polar surface area (TPSA) is 17.8 Å². The standard InChI is InChI=1S/C18H20ClF6N2P/c1-10-8-13(19)11(6-7-28(3,4)5)9-12(10)15-14(17(20,21)22)16(18(23,24)25)27(2)26-15/h8-9H,3,6-7H2,1-2,4-5H3. The van der Waals surface area contributed by atoms with Gasteiger partial charge < -0.3 is 0 Å². The second-order valence-corrected chi connectivity index (χ2v) is 12.1. The minimum Gasteiger partial charge on any atom is -0.262 e. The third-order valence-electron chi connectivity index (χ3n) is 4.23. The lowest BCUT2D eigenvalue weighted by Gasteiger charge is -2.16. The van der Waals surface area contributed by atoms with E-state index in [9.17, 15) is 26.3 Å². The molecule has 0 spiro atoms. The summed E-state index contributed by atoms with van der Waals surface area (Å²) in [6.45, 7) is 4.08. The molecule has 1 aromatic carbocycles. The molecule has 0 fully saturated rings. The monoisotopic (exact) mass is 444 g/mol. The van der Waals surface area contributed by atoms with Crippen LogP contribution in [0.25, 0.3) is 11.3 Å². The van der Waals surface area contributed by atoms with E-state index >= 15 is 0 Å². The van der Waals surface area contributed by atoms with Crippen LogP contribution < -0.4 is 0 Å². The van der Waals surface area contributed by atoms with Gasteiger partial charge in [0.25, 0.3) is 0 Å². The van der Waals surface area contributed by atoms with E-state index in [1.54, 1.807) is 0 Å². The Morgan fingerprint density at radius 1 is 1.11 bits per heavy atom. The summed E-state index contributed by atoms with van der Waals surface area (Å²) in [7, 11) is 0.851. The van der Waals surface area contributed by atoms with E-state index in [0.717, 1.165) is 7.05 Å². The summed E-state index contributed by atoms with van der Waals surface area (Å²) in [5, 5.41) is 3.94. The molecule has 0 unspecified atom stereocenters. The number of aromatic nitrogens is 2. The molecule has 0 aliphatic carbocycles. The number of aryl methyl sites for hydroxylation is 3. The van der Waals surface area contributed by atoms with Crippen LogP contribution in [0.1, 0.15) is 22.4 Å². The first-order valence-electron chi connectivity index (χ1n) is 8.20. The third-order valence-corrected chi connectivity index (χ3v) is 6.02. The van der Waals surface area contributed by atoms with Crippen LogP contribution in [0.15, 0.2) is 12.1 Å². The van der Waals surface area contributed by atoms with Crippen molar-refractivity contribution in [1.82, 2.24) is 9.78 Å². The van der Waals surface area contributed by atoms with Gasteiger partial charge in [-0.1, -0.05) is 11.6 Å². The molecule has 0 amide bonds. The highest BCUT2D eigenvalue weighted by Gasteiger charge is 2.49. The van der Waals surface area contributed by atoms with E-state index in [4.69, 9.17) is 11.6 Å². The van der Waals surface area contributed by atoms with Gasteiger partial charge in [-0.05, 0) is 56.1 Å². The van der Waals surface area contributed by atoms with Gasteiger partial charge in [0.1, 0.15) is 11.3 Å². The number of benzene rings is 1. The van der Waals surface area contributed by atoms with Crippen molar-refractivity contribution in [3.05, 3.63) is 39.5 Å². The van der Waals surface area contributed by atoms with E-state index in [2.05, 4.69) is 11.4 Å². The van der Waals surface area contributed by atoms with Gasteiger partial charge in [0.15, 0.2) is 5.69 Å². The first kappa shape index (κ1) is 22.9. The Kier molecular flexibility index (Phi) is 6.09. The SMILES string of the molecule is C=P(C)(C)CCc1cc(-c2nn(C)c(C(F)(F)F)c2C(F)(F)F)c(C)cc1Cl. The normalized spacial score (nSPS) is 13.2. The van der Waals surface area contributed by atoms with Crippen molar-refractivity contribution in [1.29, 1.82) is 0 Å². The lowest BCUT2D eigenvalue weighted by Crippen LogP contribution is -2.19. The Labute approximate surface area is 164 Å². The quantitative estimate of drug-likeness (QED) is 0.397. The lowest BCUT2D eigenvalue weighted by molar-refractivity contribution is -0.165. The molecule has 156 valence electrons. The van der Waals surface area contributed by atoms with Crippen molar-refractivity contribution in [3.8, 4) is 11.3 Å². The Bertz CT molecular complexity index is 937. The number of nitrogens with zero attached hydrogens (tertiary/aromatic N) is 2. The van der Waals surface area contributed by atoms with Crippen molar-refractivity contribution in [3.63, 3.8) is 0 Å². The maximum atomic E-state index is 13.6. The number of hydrogen-bond donors (Lipinski definition) is 0. The summed E-state index contributed by atoms with van der Waals surface area (Å²) in [4.78, 5) is 0. The summed E-state index contributed by atoms with van der Waals surface area (Å²) in [6, 6.07) is 2.87. The summed E-state index contributed by atoms with van der Waals surface area (Å²) in [5.41, 5.74) is -3.50. The smallest absolute Gasteiger partial charge is 0.262 e. The van der Waals surface area contributed by atoms with Gasteiger partial charge in [-0.2, -0.15) is 31.4 Å². The van der Waals surface area contributed by atoms with E-state index in [1.807, 2.05) is 13.3 Å². The molecule has 0 N–H and O–H groups in total. The Morgan fingerprint density at radius 3 is 2.14 bits per heavy atom. The fourth-order valence-corrected chi connectivity index (χ4v) is 4.05. The van der Waals surface area contributed by atoms with Crippen molar-refractivity contribution < 1.29 is 26.3 Å². The molecule has 0 atom stereocenters. The number of halogens is 7. The van der Waals surface area contributed by atoms with Gasteiger partial charge in [-0.15, -0.1) is 13.2 Å². The highest BCUT2D eigenvalue weighted by atomic mass is 35.5. The predicted octanol–water partition coefficient (Wildman–Crippen LogP) is 6.34. The summed E-state index contributed by atoms with van der Waals surface area (Å²) in [6.07, 6.45) is -5.16. The van der Waals surface area contributed by atoms with Crippen LogP contribution >= 0.6 is 18.5 Å². The second-order valence-electron chi connectivity index (χ2n) is 7.36. The molecule has 2 nitrogen and oxygen atoms in total. The Morgan fingerprint density at radius 2 is 1.68 bits per heavy atom. The van der Waals surface area contributed by atoms with Crippen LogP contribution in [0.3, 0.4) is 0 Å². The summed E-state index contributed by atoms with van der Waals surface area (Å²) < 4.78 is 80.8.